The van der Waals surface area contributed by atoms with Gasteiger partial charge in [-0.2, -0.15) is 0 Å². The lowest BCUT2D eigenvalue weighted by Gasteiger charge is -2.32. The van der Waals surface area contributed by atoms with Gasteiger partial charge in [0, 0.05) is 10.8 Å². The summed E-state index contributed by atoms with van der Waals surface area (Å²) in [6.45, 7) is 10.3. The van der Waals surface area contributed by atoms with E-state index >= 15 is 0 Å². The fraction of sp³-hybridized carbons (Fsp3) is 0.348. The maximum Gasteiger partial charge on any atom is 0.343 e. The summed E-state index contributed by atoms with van der Waals surface area (Å²) in [5.74, 6) is -3.86. The molecule has 0 fully saturated rings. The number of rotatable bonds is 4. The Morgan fingerprint density at radius 1 is 0.727 bits per heavy atom. The molecule has 176 valence electrons. The van der Waals surface area contributed by atoms with Gasteiger partial charge in [0.2, 0.25) is 11.8 Å². The average Bonchev–Trinajstić information content (AvgIpc) is 2.73. The third-order valence-corrected chi connectivity index (χ3v) is 4.01. The van der Waals surface area contributed by atoms with E-state index < -0.39 is 28.3 Å². The van der Waals surface area contributed by atoms with E-state index in [-0.39, 0.29) is 11.8 Å². The van der Waals surface area contributed by atoms with E-state index in [1.807, 2.05) is 0 Å². The number of nitrogens with zero attached hydrogens (tertiary/aromatic N) is 4. The van der Waals surface area contributed by atoms with Crippen LogP contribution < -0.4 is 4.90 Å². The van der Waals surface area contributed by atoms with Gasteiger partial charge in [0.1, 0.15) is 24.6 Å². The summed E-state index contributed by atoms with van der Waals surface area (Å²) < 4.78 is 0. The smallest absolute Gasteiger partial charge is 0.343 e. The molecule has 0 atom stereocenters. The van der Waals surface area contributed by atoms with Gasteiger partial charge in [-0.1, -0.05) is 53.7 Å². The van der Waals surface area contributed by atoms with Gasteiger partial charge in [0.15, 0.2) is 0 Å². The molecule has 33 heavy (non-hydrogen) atoms. The van der Waals surface area contributed by atoms with Gasteiger partial charge in [0.25, 0.3) is 0 Å². The van der Waals surface area contributed by atoms with E-state index in [2.05, 4.69) is 15.0 Å². The molecule has 1 heterocycles. The topological polar surface area (TPSA) is 151 Å². The minimum Gasteiger partial charge on any atom is -0.477 e. The van der Waals surface area contributed by atoms with Crippen LogP contribution in [0, 0.1) is 10.8 Å². The minimum absolute atomic E-state index is 0.324. The average molecular weight is 456 g/mol. The number of imide groups is 1. The number of hydrogen-bond acceptors (Lipinski definition) is 7. The standard InChI is InChI=1S/C20H25NO6.C3H3N3/c1-19(2,3)17(26)21(18(27)20(4,5)6)13-9-7-12(8-10-13)11-14(15(22)23)16(24)25;1-4-2-6-3-5-1/h7-11H,1-6H3,(H,22,23)(H,24,25);1-3H. The van der Waals surface area contributed by atoms with Crippen LogP contribution in [0.3, 0.4) is 0 Å². The highest BCUT2D eigenvalue weighted by molar-refractivity contribution is 6.18. The van der Waals surface area contributed by atoms with E-state index in [1.165, 1.54) is 43.2 Å². The van der Waals surface area contributed by atoms with Crippen LogP contribution in [0.5, 0.6) is 0 Å². The summed E-state index contributed by atoms with van der Waals surface area (Å²) in [6, 6.07) is 5.89. The van der Waals surface area contributed by atoms with Crippen LogP contribution in [-0.2, 0) is 19.2 Å². The van der Waals surface area contributed by atoms with Gasteiger partial charge in [0.05, 0.1) is 5.69 Å². The number of carboxylic acids is 2. The third-order valence-electron chi connectivity index (χ3n) is 4.01. The SMILES string of the molecule is CC(C)(C)C(=O)N(C(=O)C(C)(C)C)c1ccc(C=C(C(=O)O)C(=O)O)cc1.c1ncncn1. The second-order valence-electron chi connectivity index (χ2n) is 9.00. The molecule has 0 radical (unpaired) electrons. The van der Waals surface area contributed by atoms with Gasteiger partial charge in [-0.3, -0.25) is 9.59 Å². The molecular weight excluding hydrogens is 428 g/mol. The van der Waals surface area contributed by atoms with E-state index in [9.17, 15) is 19.2 Å². The molecule has 10 nitrogen and oxygen atoms in total. The Labute approximate surface area is 192 Å². The molecule has 10 heteroatoms. The molecule has 2 N–H and O–H groups in total. The molecule has 0 unspecified atom stereocenters. The van der Waals surface area contributed by atoms with Crippen molar-refractivity contribution in [3.05, 3.63) is 54.4 Å². The van der Waals surface area contributed by atoms with Crippen molar-refractivity contribution in [2.24, 2.45) is 10.8 Å². The maximum atomic E-state index is 12.8. The Kier molecular flexibility index (Phi) is 9.09. The van der Waals surface area contributed by atoms with E-state index in [0.29, 0.717) is 11.3 Å². The number of anilines is 1. The predicted molar refractivity (Wildman–Crippen MR) is 121 cm³/mol. The zero-order valence-electron chi connectivity index (χ0n) is 19.4. The molecule has 0 aliphatic carbocycles. The Hall–Kier alpha value is -3.95. The molecule has 0 saturated heterocycles. The summed E-state index contributed by atoms with van der Waals surface area (Å²) in [4.78, 5) is 59.4. The van der Waals surface area contributed by atoms with Crippen LogP contribution >= 0.6 is 0 Å². The van der Waals surface area contributed by atoms with E-state index in [0.717, 1.165) is 11.0 Å². The molecule has 2 aromatic rings. The van der Waals surface area contributed by atoms with Crippen LogP contribution in [0.4, 0.5) is 5.69 Å². The largest absolute Gasteiger partial charge is 0.477 e. The monoisotopic (exact) mass is 456 g/mol. The van der Waals surface area contributed by atoms with Crippen molar-refractivity contribution in [1.29, 1.82) is 0 Å². The van der Waals surface area contributed by atoms with Crippen molar-refractivity contribution >= 4 is 35.5 Å². The molecule has 2 amide bonds. The number of aromatic nitrogens is 3. The van der Waals surface area contributed by atoms with Crippen LogP contribution in [0.25, 0.3) is 6.08 Å². The van der Waals surface area contributed by atoms with Gasteiger partial charge in [-0.15, -0.1) is 0 Å². The molecule has 0 spiro atoms. The highest BCUT2D eigenvalue weighted by Crippen LogP contribution is 2.29. The number of aliphatic carboxylic acids is 2. The minimum atomic E-state index is -1.56. The van der Waals surface area contributed by atoms with Gasteiger partial charge < -0.3 is 10.2 Å². The van der Waals surface area contributed by atoms with Gasteiger partial charge in [-0.05, 0) is 23.8 Å². The molecule has 0 aliphatic heterocycles. The van der Waals surface area contributed by atoms with Crippen molar-refractivity contribution in [2.45, 2.75) is 41.5 Å². The number of benzene rings is 1. The summed E-state index contributed by atoms with van der Waals surface area (Å²) >= 11 is 0. The Balaban J connectivity index is 0.000000779. The fourth-order valence-electron chi connectivity index (χ4n) is 2.30. The molecule has 1 aromatic heterocycles. The normalized spacial score (nSPS) is 10.8. The number of carbonyl (C=O) groups is 4. The summed E-state index contributed by atoms with van der Waals surface area (Å²) in [6.07, 6.45) is 5.32. The number of carbonyl (C=O) groups excluding carboxylic acids is 2. The summed E-state index contributed by atoms with van der Waals surface area (Å²) in [5.41, 5.74) is -1.71. The first-order valence-corrected chi connectivity index (χ1v) is 9.88. The number of amides is 2. The van der Waals surface area contributed by atoms with Crippen LogP contribution in [0.2, 0.25) is 0 Å². The van der Waals surface area contributed by atoms with Crippen molar-refractivity contribution in [1.82, 2.24) is 15.0 Å². The molecule has 2 rings (SSSR count). The first kappa shape index (κ1) is 27.1. The maximum absolute atomic E-state index is 12.8. The molecular formula is C23H28N4O6. The summed E-state index contributed by atoms with van der Waals surface area (Å²) in [5, 5.41) is 17.9. The summed E-state index contributed by atoms with van der Waals surface area (Å²) in [7, 11) is 0. The van der Waals surface area contributed by atoms with Crippen LogP contribution in [0.15, 0.2) is 48.8 Å². The lowest BCUT2D eigenvalue weighted by atomic mass is 9.90. The van der Waals surface area contributed by atoms with Crippen molar-refractivity contribution in [3.8, 4) is 0 Å². The predicted octanol–water partition coefficient (Wildman–Crippen LogP) is 3.06. The molecule has 1 aromatic carbocycles. The third kappa shape index (κ3) is 8.24. The van der Waals surface area contributed by atoms with E-state index in [1.54, 1.807) is 41.5 Å². The Morgan fingerprint density at radius 2 is 1.09 bits per heavy atom. The quantitative estimate of drug-likeness (QED) is 0.402. The number of carboxylic acid groups (broad SMARTS) is 2. The Morgan fingerprint density at radius 3 is 1.36 bits per heavy atom. The van der Waals surface area contributed by atoms with Crippen molar-refractivity contribution < 1.29 is 29.4 Å². The van der Waals surface area contributed by atoms with Crippen molar-refractivity contribution in [2.75, 3.05) is 4.90 Å². The highest BCUT2D eigenvalue weighted by atomic mass is 16.4. The lowest BCUT2D eigenvalue weighted by molar-refractivity contribution is -0.140. The molecule has 0 saturated carbocycles. The second-order valence-corrected chi connectivity index (χ2v) is 9.00. The highest BCUT2D eigenvalue weighted by Gasteiger charge is 2.37. The molecule has 0 bridgehead atoms. The zero-order chi connectivity index (χ0) is 25.4. The molecule has 0 aliphatic rings. The van der Waals surface area contributed by atoms with Crippen molar-refractivity contribution in [3.63, 3.8) is 0 Å². The van der Waals surface area contributed by atoms with Gasteiger partial charge in [-0.25, -0.2) is 29.4 Å². The first-order valence-electron chi connectivity index (χ1n) is 9.88. The zero-order valence-corrected chi connectivity index (χ0v) is 19.4. The number of hydrogen-bond donors (Lipinski definition) is 2. The lowest BCUT2D eigenvalue weighted by Crippen LogP contribution is -2.48. The van der Waals surface area contributed by atoms with Gasteiger partial charge >= 0.3 is 11.9 Å². The first-order chi connectivity index (χ1) is 15.2. The van der Waals surface area contributed by atoms with Crippen LogP contribution in [-0.4, -0.2) is 48.9 Å². The van der Waals surface area contributed by atoms with E-state index in [4.69, 9.17) is 10.2 Å². The van der Waals surface area contributed by atoms with Crippen LogP contribution in [0.1, 0.15) is 47.1 Å². The fourth-order valence-corrected chi connectivity index (χ4v) is 2.30. The Bertz CT molecular complexity index is 951. The second kappa shape index (κ2) is 11.1.